The van der Waals surface area contributed by atoms with Gasteiger partial charge in [0.05, 0.1) is 26.7 Å². The highest BCUT2D eigenvalue weighted by Gasteiger charge is 2.11. The van der Waals surface area contributed by atoms with Crippen LogP contribution in [-0.2, 0) is 0 Å². The van der Waals surface area contributed by atoms with Crippen LogP contribution in [0.25, 0.3) is 10.6 Å². The van der Waals surface area contributed by atoms with Gasteiger partial charge in [-0.2, -0.15) is 0 Å². The van der Waals surface area contributed by atoms with E-state index in [0.29, 0.717) is 15.0 Å². The summed E-state index contributed by atoms with van der Waals surface area (Å²) in [6.07, 6.45) is 2.85. The molecule has 7 heteroatoms. The Balaban J connectivity index is 1.77. The molecule has 0 unspecified atom stereocenters. The maximum atomic E-state index is 11.8. The molecule has 0 saturated heterocycles. The van der Waals surface area contributed by atoms with Crippen LogP contribution in [0.4, 0.5) is 5.13 Å². The van der Waals surface area contributed by atoms with Crippen molar-refractivity contribution in [2.75, 3.05) is 5.32 Å². The van der Waals surface area contributed by atoms with Crippen LogP contribution in [-0.4, -0.2) is 10.9 Å². The van der Waals surface area contributed by atoms with Gasteiger partial charge in [0, 0.05) is 5.38 Å². The summed E-state index contributed by atoms with van der Waals surface area (Å²) < 4.78 is 5.57. The normalized spacial score (nSPS) is 10.6. The molecular weight excluding hydrogens is 304 g/mol. The molecule has 0 atom stereocenters. The molecule has 3 rings (SSSR count). The molecule has 96 valence electrons. The van der Waals surface area contributed by atoms with Crippen LogP contribution in [0.3, 0.4) is 0 Å². The Kier molecular flexibility index (Phi) is 3.37. The standard InChI is InChI=1S/C12H7ClN2O2S2/c13-10-2-1-9(19-10)8-6-18-12(14-8)15-11(16)7-3-4-17-5-7/h1-6H,(H,14,15,16). The molecule has 0 aliphatic heterocycles. The summed E-state index contributed by atoms with van der Waals surface area (Å²) in [6, 6.07) is 5.33. The first-order chi connectivity index (χ1) is 9.22. The smallest absolute Gasteiger partial charge is 0.260 e. The predicted molar refractivity (Wildman–Crippen MR) is 77.1 cm³/mol. The third kappa shape index (κ3) is 2.70. The van der Waals surface area contributed by atoms with E-state index in [1.54, 1.807) is 6.07 Å². The van der Waals surface area contributed by atoms with E-state index in [0.717, 1.165) is 10.6 Å². The quantitative estimate of drug-likeness (QED) is 0.781. The van der Waals surface area contributed by atoms with E-state index in [1.807, 2.05) is 17.5 Å². The van der Waals surface area contributed by atoms with Crippen LogP contribution in [0.2, 0.25) is 4.34 Å². The number of furan rings is 1. The Hall–Kier alpha value is -1.63. The first-order valence-corrected chi connectivity index (χ1v) is 7.34. The number of aromatic nitrogens is 1. The molecule has 0 radical (unpaired) electrons. The van der Waals surface area contributed by atoms with Gasteiger partial charge in [-0.05, 0) is 18.2 Å². The van der Waals surface area contributed by atoms with Crippen LogP contribution >= 0.6 is 34.3 Å². The lowest BCUT2D eigenvalue weighted by Crippen LogP contribution is -2.10. The lowest BCUT2D eigenvalue weighted by Gasteiger charge is -1.97. The van der Waals surface area contributed by atoms with Gasteiger partial charge >= 0.3 is 0 Å². The number of thiophene rings is 1. The first kappa shape index (κ1) is 12.4. The van der Waals surface area contributed by atoms with Gasteiger partial charge in [-0.15, -0.1) is 22.7 Å². The molecule has 3 aromatic heterocycles. The van der Waals surface area contributed by atoms with Crippen molar-refractivity contribution in [3.63, 3.8) is 0 Å². The van der Waals surface area contributed by atoms with E-state index in [2.05, 4.69) is 10.3 Å². The molecule has 0 saturated carbocycles. The van der Waals surface area contributed by atoms with Gasteiger partial charge in [0.1, 0.15) is 6.26 Å². The lowest BCUT2D eigenvalue weighted by atomic mass is 10.3. The Morgan fingerprint density at radius 3 is 2.95 bits per heavy atom. The molecule has 19 heavy (non-hydrogen) atoms. The van der Waals surface area contributed by atoms with Crippen molar-refractivity contribution in [1.29, 1.82) is 0 Å². The third-order valence-electron chi connectivity index (χ3n) is 2.33. The van der Waals surface area contributed by atoms with Crippen LogP contribution in [0.5, 0.6) is 0 Å². The number of anilines is 1. The summed E-state index contributed by atoms with van der Waals surface area (Å²) in [5.74, 6) is -0.237. The second-order valence-corrected chi connectivity index (χ2v) is 6.18. The minimum absolute atomic E-state index is 0.237. The summed E-state index contributed by atoms with van der Waals surface area (Å²) in [7, 11) is 0. The largest absolute Gasteiger partial charge is 0.472 e. The first-order valence-electron chi connectivity index (χ1n) is 5.27. The Morgan fingerprint density at radius 1 is 1.37 bits per heavy atom. The van der Waals surface area contributed by atoms with Gasteiger partial charge < -0.3 is 4.42 Å². The van der Waals surface area contributed by atoms with Crippen LogP contribution in [0, 0.1) is 0 Å². The number of hydrogen-bond acceptors (Lipinski definition) is 5. The van der Waals surface area contributed by atoms with Gasteiger partial charge in [-0.3, -0.25) is 10.1 Å². The Labute approximate surface area is 121 Å². The minimum atomic E-state index is -0.237. The maximum absolute atomic E-state index is 11.8. The molecule has 0 aromatic carbocycles. The van der Waals surface area contributed by atoms with Crippen LogP contribution < -0.4 is 5.32 Å². The second kappa shape index (κ2) is 5.16. The number of carbonyl (C=O) groups is 1. The maximum Gasteiger partial charge on any atom is 0.260 e. The number of carbonyl (C=O) groups excluding carboxylic acids is 1. The van der Waals surface area contributed by atoms with Gasteiger partial charge in [-0.25, -0.2) is 4.98 Å². The summed E-state index contributed by atoms with van der Waals surface area (Å²) in [5.41, 5.74) is 1.28. The SMILES string of the molecule is O=C(Nc1nc(-c2ccc(Cl)s2)cs1)c1ccoc1. The van der Waals surface area contributed by atoms with E-state index < -0.39 is 0 Å². The Morgan fingerprint density at radius 2 is 2.26 bits per heavy atom. The number of halogens is 1. The van der Waals surface area contributed by atoms with Crippen LogP contribution in [0.15, 0.2) is 40.5 Å². The molecular formula is C12H7ClN2O2S2. The third-order valence-corrected chi connectivity index (χ3v) is 4.35. The monoisotopic (exact) mass is 310 g/mol. The molecule has 0 aliphatic rings. The molecule has 1 N–H and O–H groups in total. The van der Waals surface area contributed by atoms with E-state index in [9.17, 15) is 4.79 Å². The van der Waals surface area contributed by atoms with E-state index in [1.165, 1.54) is 35.2 Å². The van der Waals surface area contributed by atoms with Crippen molar-refractivity contribution in [3.8, 4) is 10.6 Å². The number of amides is 1. The van der Waals surface area contributed by atoms with Gasteiger partial charge in [0.25, 0.3) is 5.91 Å². The van der Waals surface area contributed by atoms with E-state index >= 15 is 0 Å². The van der Waals surface area contributed by atoms with Crippen molar-refractivity contribution in [1.82, 2.24) is 4.98 Å². The fourth-order valence-electron chi connectivity index (χ4n) is 1.46. The summed E-state index contributed by atoms with van der Waals surface area (Å²) >= 11 is 8.70. The highest BCUT2D eigenvalue weighted by Crippen LogP contribution is 2.32. The topological polar surface area (TPSA) is 55.1 Å². The molecule has 3 aromatic rings. The fourth-order valence-corrected chi connectivity index (χ4v) is 3.24. The van der Waals surface area contributed by atoms with E-state index in [-0.39, 0.29) is 5.91 Å². The van der Waals surface area contributed by atoms with Gasteiger partial charge in [0.15, 0.2) is 5.13 Å². The molecule has 3 heterocycles. The molecule has 0 bridgehead atoms. The summed E-state index contributed by atoms with van der Waals surface area (Å²) in [6.45, 7) is 0. The summed E-state index contributed by atoms with van der Waals surface area (Å²) in [4.78, 5) is 17.1. The number of hydrogen-bond donors (Lipinski definition) is 1. The number of nitrogens with zero attached hydrogens (tertiary/aromatic N) is 1. The Bertz CT molecular complexity index is 703. The van der Waals surface area contributed by atoms with Crippen molar-refractivity contribution in [3.05, 3.63) is 46.0 Å². The molecule has 0 fully saturated rings. The van der Waals surface area contributed by atoms with Crippen molar-refractivity contribution in [2.24, 2.45) is 0 Å². The fraction of sp³-hybridized carbons (Fsp3) is 0. The molecule has 4 nitrogen and oxygen atoms in total. The van der Waals surface area contributed by atoms with Crippen molar-refractivity contribution < 1.29 is 9.21 Å². The molecule has 0 spiro atoms. The second-order valence-electron chi connectivity index (χ2n) is 3.61. The number of nitrogens with one attached hydrogen (secondary N) is 1. The van der Waals surface area contributed by atoms with Crippen LogP contribution in [0.1, 0.15) is 10.4 Å². The highest BCUT2D eigenvalue weighted by atomic mass is 35.5. The summed E-state index contributed by atoms with van der Waals surface area (Å²) in [5, 5.41) is 5.15. The zero-order valence-electron chi connectivity index (χ0n) is 9.42. The van der Waals surface area contributed by atoms with Crippen molar-refractivity contribution in [2.45, 2.75) is 0 Å². The molecule has 0 aliphatic carbocycles. The van der Waals surface area contributed by atoms with Gasteiger partial charge in [-0.1, -0.05) is 11.6 Å². The highest BCUT2D eigenvalue weighted by molar-refractivity contribution is 7.20. The number of thiazole rings is 1. The number of rotatable bonds is 3. The average molecular weight is 311 g/mol. The van der Waals surface area contributed by atoms with E-state index in [4.69, 9.17) is 16.0 Å². The predicted octanol–water partition coefficient (Wildman–Crippen LogP) is 4.37. The zero-order valence-corrected chi connectivity index (χ0v) is 11.8. The lowest BCUT2D eigenvalue weighted by molar-refractivity contribution is 0.102. The van der Waals surface area contributed by atoms with Gasteiger partial charge in [0.2, 0.25) is 0 Å². The average Bonchev–Trinajstić information content (AvgIpc) is 3.07. The van der Waals surface area contributed by atoms with Crippen molar-refractivity contribution >= 4 is 45.3 Å². The minimum Gasteiger partial charge on any atom is -0.472 e. The molecule has 1 amide bonds. The zero-order chi connectivity index (χ0) is 13.2.